The highest BCUT2D eigenvalue weighted by Crippen LogP contribution is 2.21. The second-order valence-electron chi connectivity index (χ2n) is 7.61. The van der Waals surface area contributed by atoms with E-state index in [1.165, 1.54) is 5.56 Å². The fraction of sp³-hybridized carbons (Fsp3) is 0.650. The number of rotatable bonds is 5. The van der Waals surface area contributed by atoms with Crippen molar-refractivity contribution in [1.82, 2.24) is 14.7 Å². The van der Waals surface area contributed by atoms with Crippen LogP contribution in [0.1, 0.15) is 24.0 Å². The molecule has 2 fully saturated rings. The highest BCUT2D eigenvalue weighted by Gasteiger charge is 2.27. The van der Waals surface area contributed by atoms with Crippen LogP contribution in [0, 0.1) is 5.92 Å². The Morgan fingerprint density at radius 3 is 2.60 bits per heavy atom. The van der Waals surface area contributed by atoms with Crippen LogP contribution in [-0.4, -0.2) is 78.6 Å². The quantitative estimate of drug-likeness (QED) is 0.871. The van der Waals surface area contributed by atoms with Gasteiger partial charge in [-0.1, -0.05) is 24.3 Å². The molecular weight excluding hydrogens is 314 g/mol. The molecule has 138 valence electrons. The molecule has 1 unspecified atom stereocenters. The maximum atomic E-state index is 12.6. The zero-order chi connectivity index (χ0) is 17.6. The van der Waals surface area contributed by atoms with Crippen molar-refractivity contribution in [3.05, 3.63) is 35.4 Å². The van der Waals surface area contributed by atoms with Gasteiger partial charge in [-0.05, 0) is 56.4 Å². The van der Waals surface area contributed by atoms with Gasteiger partial charge in [0.05, 0.1) is 13.2 Å². The molecule has 0 radical (unpaired) electrons. The van der Waals surface area contributed by atoms with Crippen molar-refractivity contribution in [1.29, 1.82) is 0 Å². The van der Waals surface area contributed by atoms with Crippen molar-refractivity contribution in [2.45, 2.75) is 25.9 Å². The number of nitrogens with zero attached hydrogens (tertiary/aromatic N) is 3. The predicted octanol–water partition coefficient (Wildman–Crippen LogP) is 1.21. The third kappa shape index (κ3) is 5.27. The van der Waals surface area contributed by atoms with Gasteiger partial charge in [0.15, 0.2) is 0 Å². The molecule has 1 aromatic rings. The predicted molar refractivity (Wildman–Crippen MR) is 99.3 cm³/mol. The second kappa shape index (κ2) is 8.79. The zero-order valence-electron chi connectivity index (χ0n) is 15.4. The van der Waals surface area contributed by atoms with Gasteiger partial charge < -0.3 is 14.9 Å². The van der Waals surface area contributed by atoms with Crippen molar-refractivity contribution in [3.63, 3.8) is 0 Å². The van der Waals surface area contributed by atoms with E-state index in [1.807, 2.05) is 12.1 Å². The molecule has 1 aromatic carbocycles. The molecule has 5 heteroatoms. The van der Waals surface area contributed by atoms with Crippen LogP contribution in [0.3, 0.4) is 0 Å². The van der Waals surface area contributed by atoms with Crippen LogP contribution in [0.4, 0.5) is 0 Å². The first-order chi connectivity index (χ1) is 12.1. The molecule has 0 aromatic heterocycles. The number of amides is 1. The lowest BCUT2D eigenvalue weighted by molar-refractivity contribution is -0.131. The summed E-state index contributed by atoms with van der Waals surface area (Å²) in [5.41, 5.74) is 2.25. The summed E-state index contributed by atoms with van der Waals surface area (Å²) in [6, 6.07) is 8.18. The molecule has 0 saturated carbocycles. The summed E-state index contributed by atoms with van der Waals surface area (Å²) in [7, 11) is 2.16. The van der Waals surface area contributed by atoms with E-state index in [0.717, 1.165) is 64.1 Å². The minimum atomic E-state index is 0.0955. The van der Waals surface area contributed by atoms with Crippen LogP contribution in [-0.2, 0) is 17.8 Å². The van der Waals surface area contributed by atoms with Gasteiger partial charge in [-0.2, -0.15) is 0 Å². The van der Waals surface area contributed by atoms with Gasteiger partial charge >= 0.3 is 0 Å². The van der Waals surface area contributed by atoms with Crippen LogP contribution in [0.15, 0.2) is 24.3 Å². The number of hydrogen-bond acceptors (Lipinski definition) is 4. The Hall–Kier alpha value is -1.43. The van der Waals surface area contributed by atoms with E-state index in [9.17, 15) is 4.79 Å². The van der Waals surface area contributed by atoms with E-state index in [1.54, 1.807) is 0 Å². The fourth-order valence-corrected chi connectivity index (χ4v) is 3.89. The molecule has 2 saturated heterocycles. The summed E-state index contributed by atoms with van der Waals surface area (Å²) in [5, 5.41) is 9.12. The maximum Gasteiger partial charge on any atom is 0.236 e. The van der Waals surface area contributed by atoms with Crippen LogP contribution >= 0.6 is 0 Å². The molecule has 2 aliphatic rings. The molecule has 3 rings (SSSR count). The lowest BCUT2D eigenvalue weighted by atomic mass is 9.98. The van der Waals surface area contributed by atoms with E-state index in [-0.39, 0.29) is 6.61 Å². The number of benzene rings is 1. The van der Waals surface area contributed by atoms with Crippen molar-refractivity contribution < 1.29 is 9.90 Å². The maximum absolute atomic E-state index is 12.6. The SMILES string of the molecule is CN1CCCN(CC(=O)N2CCC(Cc3ccc(CO)cc3)C2)CC1. The largest absolute Gasteiger partial charge is 0.392 e. The Balaban J connectivity index is 1.45. The summed E-state index contributed by atoms with van der Waals surface area (Å²) in [5.74, 6) is 0.849. The molecule has 5 nitrogen and oxygen atoms in total. The molecule has 1 N–H and O–H groups in total. The molecule has 0 aliphatic carbocycles. The van der Waals surface area contributed by atoms with Crippen LogP contribution in [0.5, 0.6) is 0 Å². The average Bonchev–Trinajstić information content (AvgIpc) is 2.99. The summed E-state index contributed by atoms with van der Waals surface area (Å²) < 4.78 is 0. The van der Waals surface area contributed by atoms with Gasteiger partial charge in [-0.15, -0.1) is 0 Å². The first-order valence-electron chi connectivity index (χ1n) is 9.51. The van der Waals surface area contributed by atoms with Gasteiger partial charge in [0, 0.05) is 26.2 Å². The summed E-state index contributed by atoms with van der Waals surface area (Å²) in [4.78, 5) is 19.3. The Bertz CT molecular complexity index is 561. The number of likely N-dealkylation sites (tertiary alicyclic amines) is 1. The second-order valence-corrected chi connectivity index (χ2v) is 7.61. The van der Waals surface area contributed by atoms with E-state index in [2.05, 4.69) is 33.9 Å². The summed E-state index contributed by atoms with van der Waals surface area (Å²) in [6.07, 6.45) is 3.26. The number of likely N-dealkylation sites (N-methyl/N-ethyl adjacent to an activating group) is 1. The molecule has 2 heterocycles. The van der Waals surface area contributed by atoms with Crippen LogP contribution in [0.2, 0.25) is 0 Å². The van der Waals surface area contributed by atoms with E-state index >= 15 is 0 Å². The third-order valence-corrected chi connectivity index (χ3v) is 5.54. The first kappa shape index (κ1) is 18.4. The lowest BCUT2D eigenvalue weighted by Crippen LogP contribution is -2.40. The van der Waals surface area contributed by atoms with Gasteiger partial charge in [0.25, 0.3) is 0 Å². The summed E-state index contributed by atoms with van der Waals surface area (Å²) >= 11 is 0. The van der Waals surface area contributed by atoms with Crippen LogP contribution < -0.4 is 0 Å². The first-order valence-corrected chi connectivity index (χ1v) is 9.51. The molecule has 0 spiro atoms. The van der Waals surface area contributed by atoms with Crippen molar-refractivity contribution in [2.75, 3.05) is 52.9 Å². The van der Waals surface area contributed by atoms with Gasteiger partial charge in [-0.25, -0.2) is 0 Å². The summed E-state index contributed by atoms with van der Waals surface area (Å²) in [6.45, 7) is 6.66. The molecule has 25 heavy (non-hydrogen) atoms. The van der Waals surface area contributed by atoms with Gasteiger partial charge in [-0.3, -0.25) is 9.69 Å². The van der Waals surface area contributed by atoms with Gasteiger partial charge in [0.1, 0.15) is 0 Å². The highest BCUT2D eigenvalue weighted by molar-refractivity contribution is 5.78. The number of carbonyl (C=O) groups excluding carboxylic acids is 1. The number of aliphatic hydroxyl groups excluding tert-OH is 1. The molecule has 2 aliphatic heterocycles. The lowest BCUT2D eigenvalue weighted by Gasteiger charge is -2.23. The molecule has 0 bridgehead atoms. The standard InChI is InChI=1S/C20H31N3O2/c1-21-8-2-9-22(12-11-21)15-20(25)23-10-7-19(14-23)13-17-3-5-18(16-24)6-4-17/h3-6,19,24H,2,7-16H2,1H3. The van der Waals surface area contributed by atoms with Crippen molar-refractivity contribution in [3.8, 4) is 0 Å². The number of aliphatic hydroxyl groups is 1. The van der Waals surface area contributed by atoms with Gasteiger partial charge in [0.2, 0.25) is 5.91 Å². The topological polar surface area (TPSA) is 47.0 Å². The number of carbonyl (C=O) groups is 1. The minimum absolute atomic E-state index is 0.0955. The Morgan fingerprint density at radius 1 is 1.08 bits per heavy atom. The Morgan fingerprint density at radius 2 is 1.84 bits per heavy atom. The Labute approximate surface area is 151 Å². The smallest absolute Gasteiger partial charge is 0.236 e. The Kier molecular flexibility index (Phi) is 6.45. The normalized spacial score (nSPS) is 23.0. The average molecular weight is 345 g/mol. The molecule has 1 atom stereocenters. The highest BCUT2D eigenvalue weighted by atomic mass is 16.3. The van der Waals surface area contributed by atoms with E-state index in [4.69, 9.17) is 5.11 Å². The van der Waals surface area contributed by atoms with Crippen molar-refractivity contribution >= 4 is 5.91 Å². The monoisotopic (exact) mass is 345 g/mol. The molecular formula is C20H31N3O2. The molecule has 1 amide bonds. The van der Waals surface area contributed by atoms with E-state index in [0.29, 0.717) is 18.4 Å². The van der Waals surface area contributed by atoms with E-state index < -0.39 is 0 Å². The third-order valence-electron chi connectivity index (χ3n) is 5.54. The number of hydrogen-bond donors (Lipinski definition) is 1. The minimum Gasteiger partial charge on any atom is -0.392 e. The van der Waals surface area contributed by atoms with Crippen molar-refractivity contribution in [2.24, 2.45) is 5.92 Å². The fourth-order valence-electron chi connectivity index (χ4n) is 3.89. The van der Waals surface area contributed by atoms with Crippen LogP contribution in [0.25, 0.3) is 0 Å². The zero-order valence-corrected chi connectivity index (χ0v) is 15.4.